The molecule has 3 N–H and O–H groups in total. The van der Waals surface area contributed by atoms with Crippen molar-refractivity contribution < 1.29 is 4.74 Å². The summed E-state index contributed by atoms with van der Waals surface area (Å²) in [6.45, 7) is 0.714. The minimum absolute atomic E-state index is 0.0398. The molecule has 1 aliphatic rings. The quantitative estimate of drug-likeness (QED) is 0.600. The van der Waals surface area contributed by atoms with Crippen LogP contribution in [-0.2, 0) is 0 Å². The van der Waals surface area contributed by atoms with Crippen LogP contribution in [0.1, 0.15) is 31.4 Å². The Bertz CT molecular complexity index is 372. The summed E-state index contributed by atoms with van der Waals surface area (Å²) in [4.78, 5) is 4.05. The highest BCUT2D eigenvalue weighted by Gasteiger charge is 2.16. The predicted octanol–water partition coefficient (Wildman–Crippen LogP) is 1.93. The molecule has 86 valence electrons. The predicted molar refractivity (Wildman–Crippen MR) is 62.7 cm³/mol. The zero-order valence-corrected chi connectivity index (χ0v) is 9.28. The maximum Gasteiger partial charge on any atom is 0.148 e. The molecule has 0 bridgehead atoms. The van der Waals surface area contributed by atoms with Crippen molar-refractivity contribution in [1.82, 2.24) is 4.98 Å². The van der Waals surface area contributed by atoms with Crippen LogP contribution in [0.2, 0.25) is 0 Å². The average molecular weight is 219 g/mol. The molecule has 0 spiro atoms. The fraction of sp³-hybridized carbons (Fsp3) is 0.500. The molecule has 4 nitrogen and oxygen atoms in total. The van der Waals surface area contributed by atoms with Gasteiger partial charge < -0.3 is 10.5 Å². The summed E-state index contributed by atoms with van der Waals surface area (Å²) in [6, 6.07) is 3.62. The second-order valence-electron chi connectivity index (χ2n) is 4.23. The van der Waals surface area contributed by atoms with Gasteiger partial charge in [0.2, 0.25) is 0 Å². The molecule has 0 amide bonds. The number of ether oxygens (including phenoxy) is 1. The lowest BCUT2D eigenvalue weighted by atomic mass is 10.1. The molecular weight excluding hydrogens is 202 g/mol. The van der Waals surface area contributed by atoms with Crippen molar-refractivity contribution >= 4 is 5.84 Å². The van der Waals surface area contributed by atoms with Crippen LogP contribution in [0.3, 0.4) is 0 Å². The molecule has 0 radical (unpaired) electrons. The fourth-order valence-corrected chi connectivity index (χ4v) is 2.09. The van der Waals surface area contributed by atoms with Gasteiger partial charge in [-0.1, -0.05) is 12.8 Å². The third kappa shape index (κ3) is 2.51. The smallest absolute Gasteiger partial charge is 0.148 e. The molecule has 2 rings (SSSR count). The molecule has 1 aromatic rings. The van der Waals surface area contributed by atoms with Crippen molar-refractivity contribution in [3.63, 3.8) is 0 Å². The first-order valence-electron chi connectivity index (χ1n) is 5.69. The van der Waals surface area contributed by atoms with E-state index in [4.69, 9.17) is 15.9 Å². The average Bonchev–Trinajstić information content (AvgIpc) is 2.79. The van der Waals surface area contributed by atoms with Crippen LogP contribution in [0.15, 0.2) is 18.3 Å². The van der Waals surface area contributed by atoms with E-state index in [0.29, 0.717) is 24.0 Å². The van der Waals surface area contributed by atoms with Crippen LogP contribution in [0.25, 0.3) is 0 Å². The van der Waals surface area contributed by atoms with Crippen molar-refractivity contribution in [1.29, 1.82) is 5.41 Å². The summed E-state index contributed by atoms with van der Waals surface area (Å²) < 4.78 is 5.70. The van der Waals surface area contributed by atoms with Gasteiger partial charge in [-0.3, -0.25) is 5.41 Å². The number of hydrogen-bond acceptors (Lipinski definition) is 3. The van der Waals surface area contributed by atoms with Gasteiger partial charge in [0, 0.05) is 6.20 Å². The second-order valence-corrected chi connectivity index (χ2v) is 4.23. The first-order chi connectivity index (χ1) is 7.77. The Balaban J connectivity index is 2.00. The Morgan fingerprint density at radius 3 is 2.94 bits per heavy atom. The molecule has 1 aromatic heterocycles. The molecule has 16 heavy (non-hydrogen) atoms. The number of nitrogen functional groups attached to an aromatic ring is 1. The van der Waals surface area contributed by atoms with E-state index < -0.39 is 0 Å². The van der Waals surface area contributed by atoms with Crippen LogP contribution >= 0.6 is 0 Å². The molecular formula is C12H17N3O. The highest BCUT2D eigenvalue weighted by atomic mass is 16.5. The molecule has 0 saturated heterocycles. The number of nitrogens with two attached hydrogens (primary N) is 1. The van der Waals surface area contributed by atoms with E-state index in [0.717, 1.165) is 0 Å². The van der Waals surface area contributed by atoms with E-state index >= 15 is 0 Å². The minimum atomic E-state index is -0.0398. The van der Waals surface area contributed by atoms with Crippen molar-refractivity contribution in [2.24, 2.45) is 11.7 Å². The standard InChI is InChI=1S/C12H17N3O/c13-12(14)11-10(6-3-7-15-11)16-8-9-4-1-2-5-9/h3,6-7,9H,1-2,4-5,8H2,(H3,13,14). The largest absolute Gasteiger partial charge is 0.491 e. The fourth-order valence-electron chi connectivity index (χ4n) is 2.09. The number of aromatic nitrogens is 1. The van der Waals surface area contributed by atoms with Crippen LogP contribution in [0.5, 0.6) is 5.75 Å². The van der Waals surface area contributed by atoms with Crippen LogP contribution < -0.4 is 10.5 Å². The first kappa shape index (κ1) is 10.9. The zero-order valence-electron chi connectivity index (χ0n) is 9.28. The van der Waals surface area contributed by atoms with Gasteiger partial charge in [0.25, 0.3) is 0 Å². The third-order valence-corrected chi connectivity index (χ3v) is 2.98. The van der Waals surface area contributed by atoms with Gasteiger partial charge in [0.15, 0.2) is 0 Å². The molecule has 0 unspecified atom stereocenters. The Morgan fingerprint density at radius 1 is 1.50 bits per heavy atom. The molecule has 1 fully saturated rings. The van der Waals surface area contributed by atoms with E-state index in [1.165, 1.54) is 25.7 Å². The summed E-state index contributed by atoms with van der Waals surface area (Å²) >= 11 is 0. The summed E-state index contributed by atoms with van der Waals surface area (Å²) in [5, 5.41) is 7.40. The van der Waals surface area contributed by atoms with Gasteiger partial charge in [-0.25, -0.2) is 4.98 Å². The van der Waals surface area contributed by atoms with Gasteiger partial charge >= 0.3 is 0 Å². The highest BCUT2D eigenvalue weighted by Crippen LogP contribution is 2.26. The van der Waals surface area contributed by atoms with Crippen LogP contribution in [0.4, 0.5) is 0 Å². The number of rotatable bonds is 4. The lowest BCUT2D eigenvalue weighted by molar-refractivity contribution is 0.251. The monoisotopic (exact) mass is 219 g/mol. The van der Waals surface area contributed by atoms with Crippen LogP contribution in [-0.4, -0.2) is 17.4 Å². The molecule has 1 aliphatic carbocycles. The van der Waals surface area contributed by atoms with E-state index in [9.17, 15) is 0 Å². The zero-order chi connectivity index (χ0) is 11.4. The van der Waals surface area contributed by atoms with Gasteiger partial charge in [0.1, 0.15) is 17.3 Å². The van der Waals surface area contributed by atoms with Crippen molar-refractivity contribution in [2.75, 3.05) is 6.61 Å². The molecule has 4 heteroatoms. The number of hydrogen-bond donors (Lipinski definition) is 2. The maximum atomic E-state index is 7.40. The third-order valence-electron chi connectivity index (χ3n) is 2.98. The summed E-state index contributed by atoms with van der Waals surface area (Å²) in [5.41, 5.74) is 5.88. The molecule has 1 saturated carbocycles. The maximum absolute atomic E-state index is 7.40. The van der Waals surface area contributed by atoms with Gasteiger partial charge in [0.05, 0.1) is 6.61 Å². The SMILES string of the molecule is N=C(N)c1ncccc1OCC1CCCC1. The Hall–Kier alpha value is -1.58. The van der Waals surface area contributed by atoms with E-state index in [1.807, 2.05) is 6.07 Å². The minimum Gasteiger partial charge on any atom is -0.491 e. The number of nitrogens with one attached hydrogen (secondary N) is 1. The normalized spacial score (nSPS) is 16.2. The molecule has 0 aliphatic heterocycles. The topological polar surface area (TPSA) is 72.0 Å². The molecule has 0 atom stereocenters. The Morgan fingerprint density at radius 2 is 2.25 bits per heavy atom. The van der Waals surface area contributed by atoms with E-state index in [2.05, 4.69) is 4.98 Å². The number of amidine groups is 1. The lowest BCUT2D eigenvalue weighted by Gasteiger charge is -2.13. The lowest BCUT2D eigenvalue weighted by Crippen LogP contribution is -2.16. The van der Waals surface area contributed by atoms with Gasteiger partial charge in [-0.05, 0) is 30.9 Å². The second kappa shape index (κ2) is 4.96. The van der Waals surface area contributed by atoms with Gasteiger partial charge in [-0.15, -0.1) is 0 Å². The van der Waals surface area contributed by atoms with Gasteiger partial charge in [-0.2, -0.15) is 0 Å². The number of pyridine rings is 1. The highest BCUT2D eigenvalue weighted by molar-refractivity contribution is 5.95. The van der Waals surface area contributed by atoms with Crippen molar-refractivity contribution in [2.45, 2.75) is 25.7 Å². The summed E-state index contributed by atoms with van der Waals surface area (Å²) in [6.07, 6.45) is 6.73. The first-order valence-corrected chi connectivity index (χ1v) is 5.69. The summed E-state index contributed by atoms with van der Waals surface area (Å²) in [5.74, 6) is 1.24. The summed E-state index contributed by atoms with van der Waals surface area (Å²) in [7, 11) is 0. The Kier molecular flexibility index (Phi) is 3.39. The Labute approximate surface area is 95.3 Å². The molecule has 1 heterocycles. The van der Waals surface area contributed by atoms with E-state index in [-0.39, 0.29) is 5.84 Å². The van der Waals surface area contributed by atoms with E-state index in [1.54, 1.807) is 12.3 Å². The molecule has 0 aromatic carbocycles. The number of nitrogens with zero attached hydrogens (tertiary/aromatic N) is 1. The van der Waals surface area contributed by atoms with Crippen molar-refractivity contribution in [3.05, 3.63) is 24.0 Å². The van der Waals surface area contributed by atoms with Crippen molar-refractivity contribution in [3.8, 4) is 5.75 Å². The van der Waals surface area contributed by atoms with Crippen LogP contribution in [0, 0.1) is 11.3 Å².